The van der Waals surface area contributed by atoms with E-state index in [1.807, 2.05) is 0 Å². The van der Waals surface area contributed by atoms with E-state index >= 15 is 0 Å². The second kappa shape index (κ2) is 7.92. The Morgan fingerprint density at radius 3 is 2.67 bits per heavy atom. The Hall–Kier alpha value is -0.300. The molecule has 0 saturated heterocycles. The molecule has 1 heteroatoms. The van der Waals surface area contributed by atoms with E-state index in [-0.39, 0.29) is 0 Å². The van der Waals surface area contributed by atoms with Crippen molar-refractivity contribution >= 4 is 0 Å². The van der Waals surface area contributed by atoms with Crippen molar-refractivity contribution in [2.75, 3.05) is 6.61 Å². The highest BCUT2D eigenvalue weighted by molar-refractivity contribution is 5.02. The second-order valence-electron chi connectivity index (χ2n) is 4.77. The highest BCUT2D eigenvalue weighted by Gasteiger charge is 2.12. The van der Waals surface area contributed by atoms with Crippen molar-refractivity contribution in [1.29, 1.82) is 0 Å². The molecule has 1 atom stereocenters. The molecule has 0 aromatic heterocycles. The summed E-state index contributed by atoms with van der Waals surface area (Å²) in [6.07, 6.45) is 13.5. The summed E-state index contributed by atoms with van der Waals surface area (Å²) in [7, 11) is 0. The summed E-state index contributed by atoms with van der Waals surface area (Å²) >= 11 is 0. The maximum atomic E-state index is 5.70. The standard InChI is InChI=1S/C14H26O/c1-3-4-5-6-7-8-9-14-12-13(2)10-11-15-14/h10,14H,3-9,11-12H2,1-2H3. The Labute approximate surface area is 94.9 Å². The van der Waals surface area contributed by atoms with Gasteiger partial charge in [0.25, 0.3) is 0 Å². The lowest BCUT2D eigenvalue weighted by molar-refractivity contribution is 0.0563. The molecular formula is C14H26O. The van der Waals surface area contributed by atoms with E-state index in [0.29, 0.717) is 6.10 Å². The van der Waals surface area contributed by atoms with Crippen molar-refractivity contribution < 1.29 is 4.74 Å². The molecular weight excluding hydrogens is 184 g/mol. The summed E-state index contributed by atoms with van der Waals surface area (Å²) in [5, 5.41) is 0. The Kier molecular flexibility index (Phi) is 6.74. The molecule has 0 N–H and O–H groups in total. The summed E-state index contributed by atoms with van der Waals surface area (Å²) in [5.74, 6) is 0. The van der Waals surface area contributed by atoms with E-state index in [1.165, 1.54) is 50.5 Å². The third-order valence-corrected chi connectivity index (χ3v) is 3.19. The normalized spacial score (nSPS) is 21.5. The smallest absolute Gasteiger partial charge is 0.0653 e. The Balaban J connectivity index is 1.94. The summed E-state index contributed by atoms with van der Waals surface area (Å²) in [4.78, 5) is 0. The monoisotopic (exact) mass is 210 g/mol. The minimum Gasteiger partial charge on any atom is -0.374 e. The van der Waals surface area contributed by atoms with Gasteiger partial charge in [-0.15, -0.1) is 0 Å². The van der Waals surface area contributed by atoms with E-state index in [9.17, 15) is 0 Å². The van der Waals surface area contributed by atoms with Gasteiger partial charge < -0.3 is 4.74 Å². The van der Waals surface area contributed by atoms with Crippen molar-refractivity contribution in [2.24, 2.45) is 0 Å². The zero-order chi connectivity index (χ0) is 10.9. The van der Waals surface area contributed by atoms with Gasteiger partial charge in [-0.2, -0.15) is 0 Å². The molecule has 0 aromatic carbocycles. The quantitative estimate of drug-likeness (QED) is 0.445. The zero-order valence-corrected chi connectivity index (χ0v) is 10.4. The summed E-state index contributed by atoms with van der Waals surface area (Å²) in [5.41, 5.74) is 1.51. The van der Waals surface area contributed by atoms with Crippen LogP contribution in [0.2, 0.25) is 0 Å². The van der Waals surface area contributed by atoms with Crippen LogP contribution in [-0.4, -0.2) is 12.7 Å². The SMILES string of the molecule is CCCCCCCCC1CC(C)=CCO1. The molecule has 0 aromatic rings. The van der Waals surface area contributed by atoms with Crippen molar-refractivity contribution in [2.45, 2.75) is 71.3 Å². The fraction of sp³-hybridized carbons (Fsp3) is 0.857. The molecule has 1 rings (SSSR count). The second-order valence-corrected chi connectivity index (χ2v) is 4.77. The van der Waals surface area contributed by atoms with E-state index in [1.54, 1.807) is 0 Å². The lowest BCUT2D eigenvalue weighted by Gasteiger charge is -2.21. The fourth-order valence-electron chi connectivity index (χ4n) is 2.17. The van der Waals surface area contributed by atoms with E-state index in [4.69, 9.17) is 4.74 Å². The molecule has 0 bridgehead atoms. The number of hydrogen-bond acceptors (Lipinski definition) is 1. The van der Waals surface area contributed by atoms with Gasteiger partial charge in [0.1, 0.15) is 0 Å². The molecule has 1 unspecified atom stereocenters. The first-order chi connectivity index (χ1) is 7.33. The van der Waals surface area contributed by atoms with Gasteiger partial charge in [0.15, 0.2) is 0 Å². The van der Waals surface area contributed by atoms with E-state index < -0.39 is 0 Å². The Morgan fingerprint density at radius 1 is 1.20 bits per heavy atom. The van der Waals surface area contributed by atoms with Crippen molar-refractivity contribution in [3.63, 3.8) is 0 Å². The van der Waals surface area contributed by atoms with Crippen LogP contribution >= 0.6 is 0 Å². The summed E-state index contributed by atoms with van der Waals surface area (Å²) < 4.78 is 5.70. The average Bonchev–Trinajstić information content (AvgIpc) is 2.23. The maximum Gasteiger partial charge on any atom is 0.0653 e. The van der Waals surface area contributed by atoms with Gasteiger partial charge in [0.05, 0.1) is 12.7 Å². The molecule has 0 radical (unpaired) electrons. The minimum atomic E-state index is 0.515. The van der Waals surface area contributed by atoms with Crippen molar-refractivity contribution in [3.05, 3.63) is 11.6 Å². The van der Waals surface area contributed by atoms with Crippen molar-refractivity contribution in [3.8, 4) is 0 Å². The molecule has 1 heterocycles. The molecule has 0 aliphatic carbocycles. The third-order valence-electron chi connectivity index (χ3n) is 3.19. The number of ether oxygens (including phenoxy) is 1. The molecule has 1 nitrogen and oxygen atoms in total. The molecule has 88 valence electrons. The van der Waals surface area contributed by atoms with Crippen LogP contribution in [0.15, 0.2) is 11.6 Å². The molecule has 15 heavy (non-hydrogen) atoms. The lowest BCUT2D eigenvalue weighted by atomic mass is 10.0. The summed E-state index contributed by atoms with van der Waals surface area (Å²) in [6.45, 7) is 5.33. The van der Waals surface area contributed by atoms with Crippen molar-refractivity contribution in [1.82, 2.24) is 0 Å². The van der Waals surface area contributed by atoms with E-state index in [0.717, 1.165) is 13.0 Å². The molecule has 0 spiro atoms. The predicted molar refractivity (Wildman–Crippen MR) is 66.1 cm³/mol. The van der Waals surface area contributed by atoms with Crippen LogP contribution in [0.5, 0.6) is 0 Å². The summed E-state index contributed by atoms with van der Waals surface area (Å²) in [6, 6.07) is 0. The van der Waals surface area contributed by atoms with Gasteiger partial charge >= 0.3 is 0 Å². The van der Waals surface area contributed by atoms with Gasteiger partial charge in [-0.05, 0) is 19.8 Å². The highest BCUT2D eigenvalue weighted by Crippen LogP contribution is 2.19. The predicted octanol–water partition coefficient (Wildman–Crippen LogP) is 4.47. The first-order valence-corrected chi connectivity index (χ1v) is 6.60. The van der Waals surface area contributed by atoms with Crippen LogP contribution < -0.4 is 0 Å². The van der Waals surface area contributed by atoms with Crippen LogP contribution in [0.25, 0.3) is 0 Å². The number of rotatable bonds is 7. The molecule has 1 aliphatic heterocycles. The first-order valence-electron chi connectivity index (χ1n) is 6.60. The van der Waals surface area contributed by atoms with Crippen LogP contribution in [0, 0.1) is 0 Å². The first kappa shape index (κ1) is 12.8. The molecule has 0 amide bonds. The molecule has 0 saturated carbocycles. The topological polar surface area (TPSA) is 9.23 Å². The maximum absolute atomic E-state index is 5.70. The highest BCUT2D eigenvalue weighted by atomic mass is 16.5. The fourth-order valence-corrected chi connectivity index (χ4v) is 2.17. The minimum absolute atomic E-state index is 0.515. The molecule has 0 fully saturated rings. The zero-order valence-electron chi connectivity index (χ0n) is 10.4. The Morgan fingerprint density at radius 2 is 1.93 bits per heavy atom. The van der Waals surface area contributed by atoms with Crippen LogP contribution in [0.4, 0.5) is 0 Å². The van der Waals surface area contributed by atoms with Gasteiger partial charge in [-0.25, -0.2) is 0 Å². The number of unbranched alkanes of at least 4 members (excludes halogenated alkanes) is 5. The van der Waals surface area contributed by atoms with Gasteiger partial charge in [-0.1, -0.05) is 57.1 Å². The number of hydrogen-bond donors (Lipinski definition) is 0. The lowest BCUT2D eigenvalue weighted by Crippen LogP contribution is -2.17. The molecule has 1 aliphatic rings. The third kappa shape index (κ3) is 5.99. The Bertz CT molecular complexity index is 184. The average molecular weight is 210 g/mol. The van der Waals surface area contributed by atoms with Crippen LogP contribution in [0.3, 0.4) is 0 Å². The van der Waals surface area contributed by atoms with E-state index in [2.05, 4.69) is 19.9 Å². The van der Waals surface area contributed by atoms with Gasteiger partial charge in [0, 0.05) is 0 Å². The van der Waals surface area contributed by atoms with Gasteiger partial charge in [-0.3, -0.25) is 0 Å². The van der Waals surface area contributed by atoms with Crippen LogP contribution in [0.1, 0.15) is 65.2 Å². The van der Waals surface area contributed by atoms with Gasteiger partial charge in [0.2, 0.25) is 0 Å². The van der Waals surface area contributed by atoms with Crippen LogP contribution in [-0.2, 0) is 4.74 Å². The largest absolute Gasteiger partial charge is 0.374 e.